The molecule has 2 aromatic rings. The standard InChI is InChI=1S/C19H27N5O3/c1-13-18(14(2)22-21-13)23-7-9-24(10-8-23)19(25)20-12-15-5-6-16(26-3)17(11-15)27-4/h5-6,11H,7-10,12H2,1-4H3,(H,20,25)(H,21,22). The highest BCUT2D eigenvalue weighted by atomic mass is 16.5. The summed E-state index contributed by atoms with van der Waals surface area (Å²) in [5.74, 6) is 1.33. The second kappa shape index (κ2) is 8.20. The Labute approximate surface area is 159 Å². The number of benzene rings is 1. The molecule has 2 amide bonds. The molecule has 1 saturated heterocycles. The number of ether oxygens (including phenoxy) is 2. The Morgan fingerprint density at radius 2 is 1.85 bits per heavy atom. The molecule has 1 aliphatic rings. The van der Waals surface area contributed by atoms with E-state index in [4.69, 9.17) is 9.47 Å². The van der Waals surface area contributed by atoms with Gasteiger partial charge in [0, 0.05) is 32.7 Å². The molecule has 0 saturated carbocycles. The molecule has 2 N–H and O–H groups in total. The fourth-order valence-corrected chi connectivity index (χ4v) is 3.42. The summed E-state index contributed by atoms with van der Waals surface area (Å²) in [6.07, 6.45) is 0. The quantitative estimate of drug-likeness (QED) is 0.838. The van der Waals surface area contributed by atoms with E-state index in [2.05, 4.69) is 20.4 Å². The summed E-state index contributed by atoms with van der Waals surface area (Å²) in [7, 11) is 3.20. The fourth-order valence-electron chi connectivity index (χ4n) is 3.42. The van der Waals surface area contributed by atoms with Crippen LogP contribution < -0.4 is 19.7 Å². The largest absolute Gasteiger partial charge is 0.493 e. The van der Waals surface area contributed by atoms with Crippen LogP contribution in [0.4, 0.5) is 10.5 Å². The lowest BCUT2D eigenvalue weighted by Gasteiger charge is -2.36. The summed E-state index contributed by atoms with van der Waals surface area (Å²) in [5, 5.41) is 10.3. The van der Waals surface area contributed by atoms with Crippen LogP contribution >= 0.6 is 0 Å². The minimum atomic E-state index is -0.0509. The number of hydrogen-bond donors (Lipinski definition) is 2. The molecule has 0 unspecified atom stereocenters. The van der Waals surface area contributed by atoms with Crippen molar-refractivity contribution in [3.8, 4) is 11.5 Å². The van der Waals surface area contributed by atoms with E-state index < -0.39 is 0 Å². The van der Waals surface area contributed by atoms with Crippen molar-refractivity contribution >= 4 is 11.7 Å². The van der Waals surface area contributed by atoms with Gasteiger partial charge in [-0.15, -0.1) is 0 Å². The van der Waals surface area contributed by atoms with E-state index in [0.29, 0.717) is 31.1 Å². The maximum absolute atomic E-state index is 12.5. The number of hydrogen-bond acceptors (Lipinski definition) is 5. The number of piperazine rings is 1. The molecule has 8 nitrogen and oxygen atoms in total. The first-order chi connectivity index (χ1) is 13.0. The van der Waals surface area contributed by atoms with Gasteiger partial charge in [0.05, 0.1) is 31.3 Å². The Morgan fingerprint density at radius 1 is 1.15 bits per heavy atom. The minimum absolute atomic E-state index is 0.0509. The number of nitrogens with one attached hydrogen (secondary N) is 2. The molecule has 2 heterocycles. The van der Waals surface area contributed by atoms with Gasteiger partial charge >= 0.3 is 6.03 Å². The van der Waals surface area contributed by atoms with Crippen molar-refractivity contribution in [3.63, 3.8) is 0 Å². The van der Waals surface area contributed by atoms with Gasteiger partial charge in [-0.25, -0.2) is 4.79 Å². The van der Waals surface area contributed by atoms with Crippen LogP contribution in [0.1, 0.15) is 17.0 Å². The van der Waals surface area contributed by atoms with Crippen LogP contribution in [0.25, 0.3) is 0 Å². The third-order valence-electron chi connectivity index (χ3n) is 4.86. The lowest BCUT2D eigenvalue weighted by atomic mass is 10.2. The third kappa shape index (κ3) is 4.10. The number of aryl methyl sites for hydroxylation is 2. The van der Waals surface area contributed by atoms with E-state index in [0.717, 1.165) is 35.7 Å². The number of methoxy groups -OCH3 is 2. The predicted molar refractivity (Wildman–Crippen MR) is 104 cm³/mol. The van der Waals surface area contributed by atoms with Gasteiger partial charge in [0.2, 0.25) is 0 Å². The van der Waals surface area contributed by atoms with Crippen LogP contribution in [0.3, 0.4) is 0 Å². The molecule has 0 radical (unpaired) electrons. The fraction of sp³-hybridized carbons (Fsp3) is 0.474. The number of carbonyl (C=O) groups is 1. The Kier molecular flexibility index (Phi) is 5.73. The number of urea groups is 1. The summed E-state index contributed by atoms with van der Waals surface area (Å²) in [6, 6.07) is 5.59. The van der Waals surface area contributed by atoms with Gasteiger partial charge in [0.15, 0.2) is 11.5 Å². The number of aromatic amines is 1. The lowest BCUT2D eigenvalue weighted by Crippen LogP contribution is -2.51. The number of amides is 2. The summed E-state index contributed by atoms with van der Waals surface area (Å²) >= 11 is 0. The average Bonchev–Trinajstić information content (AvgIpc) is 3.04. The van der Waals surface area contributed by atoms with Crippen LogP contribution in [0.2, 0.25) is 0 Å². The van der Waals surface area contributed by atoms with Gasteiger partial charge in [-0.2, -0.15) is 5.10 Å². The molecule has 8 heteroatoms. The maximum atomic E-state index is 12.5. The van der Waals surface area contributed by atoms with Crippen LogP contribution in [-0.4, -0.2) is 61.5 Å². The highest BCUT2D eigenvalue weighted by Gasteiger charge is 2.24. The van der Waals surface area contributed by atoms with Crippen molar-refractivity contribution < 1.29 is 14.3 Å². The molecule has 146 valence electrons. The van der Waals surface area contributed by atoms with E-state index in [1.165, 1.54) is 0 Å². The van der Waals surface area contributed by atoms with Gasteiger partial charge in [0.1, 0.15) is 0 Å². The molecule has 3 rings (SSSR count). The number of rotatable bonds is 5. The third-order valence-corrected chi connectivity index (χ3v) is 4.86. The van der Waals surface area contributed by atoms with E-state index in [9.17, 15) is 4.79 Å². The summed E-state index contributed by atoms with van der Waals surface area (Å²) in [4.78, 5) is 16.6. The number of anilines is 1. The van der Waals surface area contributed by atoms with Gasteiger partial charge in [-0.05, 0) is 31.5 Å². The summed E-state index contributed by atoms with van der Waals surface area (Å²) in [5.41, 5.74) is 4.18. The zero-order chi connectivity index (χ0) is 19.4. The Hall–Kier alpha value is -2.90. The predicted octanol–water partition coefficient (Wildman–Crippen LogP) is 2.08. The number of nitrogens with zero attached hydrogens (tertiary/aromatic N) is 3. The Morgan fingerprint density at radius 3 is 2.44 bits per heavy atom. The molecular formula is C19H27N5O3. The first kappa shape index (κ1) is 18.9. The number of carbonyl (C=O) groups excluding carboxylic acids is 1. The van der Waals surface area contributed by atoms with E-state index >= 15 is 0 Å². The Balaban J connectivity index is 1.53. The molecule has 27 heavy (non-hydrogen) atoms. The second-order valence-electron chi connectivity index (χ2n) is 6.60. The maximum Gasteiger partial charge on any atom is 0.317 e. The molecule has 1 fully saturated rings. The SMILES string of the molecule is COc1ccc(CNC(=O)N2CCN(c3c(C)n[nH]c3C)CC2)cc1OC. The summed E-state index contributed by atoms with van der Waals surface area (Å²) < 4.78 is 10.5. The molecule has 0 atom stereocenters. The lowest BCUT2D eigenvalue weighted by molar-refractivity contribution is 0.194. The van der Waals surface area contributed by atoms with Crippen LogP contribution in [0.5, 0.6) is 11.5 Å². The molecule has 1 aliphatic heterocycles. The smallest absolute Gasteiger partial charge is 0.317 e. The molecule has 0 spiro atoms. The van der Waals surface area contributed by atoms with E-state index in [1.807, 2.05) is 36.9 Å². The van der Waals surface area contributed by atoms with Crippen molar-refractivity contribution in [3.05, 3.63) is 35.2 Å². The van der Waals surface area contributed by atoms with Crippen molar-refractivity contribution in [2.24, 2.45) is 0 Å². The van der Waals surface area contributed by atoms with Crippen LogP contribution in [-0.2, 0) is 6.54 Å². The normalized spacial score (nSPS) is 14.2. The van der Waals surface area contributed by atoms with E-state index in [-0.39, 0.29) is 6.03 Å². The van der Waals surface area contributed by atoms with Crippen molar-refractivity contribution in [2.75, 3.05) is 45.3 Å². The molecule has 0 aliphatic carbocycles. The van der Waals surface area contributed by atoms with Crippen LogP contribution in [0, 0.1) is 13.8 Å². The van der Waals surface area contributed by atoms with Gasteiger partial charge in [-0.1, -0.05) is 6.07 Å². The molecule has 1 aromatic carbocycles. The van der Waals surface area contributed by atoms with Crippen molar-refractivity contribution in [2.45, 2.75) is 20.4 Å². The number of H-pyrrole nitrogens is 1. The molecule has 1 aromatic heterocycles. The van der Waals surface area contributed by atoms with Crippen molar-refractivity contribution in [1.82, 2.24) is 20.4 Å². The second-order valence-corrected chi connectivity index (χ2v) is 6.60. The first-order valence-corrected chi connectivity index (χ1v) is 9.03. The minimum Gasteiger partial charge on any atom is -0.493 e. The van der Waals surface area contributed by atoms with Crippen LogP contribution in [0.15, 0.2) is 18.2 Å². The summed E-state index contributed by atoms with van der Waals surface area (Å²) in [6.45, 7) is 7.43. The highest BCUT2D eigenvalue weighted by Crippen LogP contribution is 2.27. The molecule has 0 bridgehead atoms. The Bertz CT molecular complexity index is 777. The monoisotopic (exact) mass is 373 g/mol. The molecular weight excluding hydrogens is 346 g/mol. The zero-order valence-electron chi connectivity index (χ0n) is 16.3. The average molecular weight is 373 g/mol. The van der Waals surface area contributed by atoms with Gasteiger partial charge < -0.3 is 24.6 Å². The topological polar surface area (TPSA) is 82.7 Å². The number of aromatic nitrogens is 2. The van der Waals surface area contributed by atoms with Gasteiger partial charge in [-0.3, -0.25) is 5.10 Å². The highest BCUT2D eigenvalue weighted by molar-refractivity contribution is 5.74. The zero-order valence-corrected chi connectivity index (χ0v) is 16.3. The first-order valence-electron chi connectivity index (χ1n) is 9.03. The van der Waals surface area contributed by atoms with Crippen molar-refractivity contribution in [1.29, 1.82) is 0 Å². The van der Waals surface area contributed by atoms with Gasteiger partial charge in [0.25, 0.3) is 0 Å². The van der Waals surface area contributed by atoms with E-state index in [1.54, 1.807) is 14.2 Å².